The first-order valence-corrected chi connectivity index (χ1v) is 13.0. The maximum atomic E-state index is 13.1. The van der Waals surface area contributed by atoms with Gasteiger partial charge in [-0.15, -0.1) is 0 Å². The summed E-state index contributed by atoms with van der Waals surface area (Å²) >= 11 is 6.59. The zero-order valence-electron chi connectivity index (χ0n) is 20.3. The van der Waals surface area contributed by atoms with Gasteiger partial charge in [0.1, 0.15) is 0 Å². The SMILES string of the molecule is CCCCCCC[C@H](C)Oc1ccc(/C=C2/SC(=S)N(c3cccc(C(=O)O)c3)C2=O)cc1OC. The Kier molecular flexibility index (Phi) is 9.74. The molecule has 186 valence electrons. The normalized spacial score (nSPS) is 15.5. The minimum absolute atomic E-state index is 0.0780. The molecule has 8 heteroatoms. The molecule has 1 aliphatic rings. The van der Waals surface area contributed by atoms with E-state index in [9.17, 15) is 14.7 Å². The van der Waals surface area contributed by atoms with E-state index < -0.39 is 5.97 Å². The van der Waals surface area contributed by atoms with Gasteiger partial charge in [-0.1, -0.05) is 68.7 Å². The molecule has 0 spiro atoms. The van der Waals surface area contributed by atoms with E-state index in [2.05, 4.69) is 13.8 Å². The summed E-state index contributed by atoms with van der Waals surface area (Å²) in [4.78, 5) is 26.2. The van der Waals surface area contributed by atoms with Crippen molar-refractivity contribution in [3.05, 3.63) is 58.5 Å². The molecule has 0 bridgehead atoms. The van der Waals surface area contributed by atoms with Crippen molar-refractivity contribution in [3.8, 4) is 11.5 Å². The maximum Gasteiger partial charge on any atom is 0.335 e. The quantitative estimate of drug-likeness (QED) is 0.187. The average molecular weight is 514 g/mol. The third-order valence-electron chi connectivity index (χ3n) is 5.67. The van der Waals surface area contributed by atoms with Crippen molar-refractivity contribution in [2.45, 2.75) is 58.5 Å². The van der Waals surface area contributed by atoms with E-state index in [-0.39, 0.29) is 17.6 Å². The van der Waals surface area contributed by atoms with Crippen molar-refractivity contribution in [1.29, 1.82) is 0 Å². The summed E-state index contributed by atoms with van der Waals surface area (Å²) in [6, 6.07) is 11.7. The summed E-state index contributed by atoms with van der Waals surface area (Å²) in [6.45, 7) is 4.28. The number of unbranched alkanes of at least 4 members (excludes halogenated alkanes) is 4. The van der Waals surface area contributed by atoms with Crippen LogP contribution in [0, 0.1) is 0 Å². The number of carboxylic acids is 1. The number of rotatable bonds is 12. The minimum Gasteiger partial charge on any atom is -0.493 e. The molecule has 1 fully saturated rings. The van der Waals surface area contributed by atoms with E-state index in [0.29, 0.717) is 26.4 Å². The number of nitrogens with zero attached hydrogens (tertiary/aromatic N) is 1. The number of benzene rings is 2. The van der Waals surface area contributed by atoms with Crippen LogP contribution in [-0.4, -0.2) is 34.5 Å². The average Bonchev–Trinajstić information content (AvgIpc) is 3.12. The maximum absolute atomic E-state index is 13.1. The van der Waals surface area contributed by atoms with Crippen molar-refractivity contribution in [2.75, 3.05) is 12.0 Å². The number of ether oxygens (including phenoxy) is 2. The van der Waals surface area contributed by atoms with Crippen molar-refractivity contribution < 1.29 is 24.2 Å². The van der Waals surface area contributed by atoms with Crippen LogP contribution in [0.25, 0.3) is 6.08 Å². The molecule has 0 aliphatic carbocycles. The largest absolute Gasteiger partial charge is 0.493 e. The predicted molar refractivity (Wildman–Crippen MR) is 146 cm³/mol. The van der Waals surface area contributed by atoms with Crippen LogP contribution in [0.3, 0.4) is 0 Å². The van der Waals surface area contributed by atoms with Gasteiger partial charge in [0, 0.05) is 0 Å². The van der Waals surface area contributed by atoms with Crippen LogP contribution >= 0.6 is 24.0 Å². The van der Waals surface area contributed by atoms with Gasteiger partial charge >= 0.3 is 5.97 Å². The van der Waals surface area contributed by atoms with Crippen molar-refractivity contribution in [3.63, 3.8) is 0 Å². The number of methoxy groups -OCH3 is 1. The molecule has 0 aromatic heterocycles. The number of hydrogen-bond acceptors (Lipinski definition) is 6. The number of thioether (sulfide) groups is 1. The van der Waals surface area contributed by atoms with E-state index >= 15 is 0 Å². The summed E-state index contributed by atoms with van der Waals surface area (Å²) in [5, 5.41) is 9.26. The number of anilines is 1. The van der Waals surface area contributed by atoms with Gasteiger partial charge in [-0.3, -0.25) is 9.69 Å². The lowest BCUT2D eigenvalue weighted by Gasteiger charge is -2.17. The Morgan fingerprint density at radius 2 is 1.91 bits per heavy atom. The molecule has 0 radical (unpaired) electrons. The Morgan fingerprint density at radius 1 is 1.14 bits per heavy atom. The molecule has 35 heavy (non-hydrogen) atoms. The van der Waals surface area contributed by atoms with Crippen molar-refractivity contribution in [2.24, 2.45) is 0 Å². The summed E-state index contributed by atoms with van der Waals surface area (Å²) in [5.74, 6) is -0.0865. The van der Waals surface area contributed by atoms with Gasteiger partial charge < -0.3 is 14.6 Å². The molecule has 1 heterocycles. The number of carboxylic acid groups (broad SMARTS) is 1. The third-order valence-corrected chi connectivity index (χ3v) is 6.97. The van der Waals surface area contributed by atoms with E-state index in [1.807, 2.05) is 18.2 Å². The summed E-state index contributed by atoms with van der Waals surface area (Å²) < 4.78 is 12.0. The zero-order chi connectivity index (χ0) is 25.4. The van der Waals surface area contributed by atoms with Gasteiger partial charge in [0.05, 0.1) is 29.4 Å². The topological polar surface area (TPSA) is 76.1 Å². The lowest BCUT2D eigenvalue weighted by atomic mass is 10.1. The molecule has 2 aromatic rings. The fourth-order valence-corrected chi connectivity index (χ4v) is 5.10. The number of amides is 1. The Labute approximate surface area is 216 Å². The van der Waals surface area contributed by atoms with Crippen molar-refractivity contribution >= 4 is 51.9 Å². The number of carbonyl (C=O) groups is 2. The molecular formula is C27H31NO5S2. The number of aromatic carboxylic acids is 1. The molecule has 1 amide bonds. The van der Waals surface area contributed by atoms with Gasteiger partial charge in [0.2, 0.25) is 0 Å². The highest BCUT2D eigenvalue weighted by molar-refractivity contribution is 8.27. The zero-order valence-corrected chi connectivity index (χ0v) is 21.9. The molecule has 0 unspecified atom stereocenters. The standard InChI is InChI=1S/C27H31NO5S2/c1-4-5-6-7-8-10-18(2)33-22-14-13-19(15-23(22)32-3)16-24-25(29)28(27(34)35-24)21-12-9-11-20(17-21)26(30)31/h9,11-18H,4-8,10H2,1-3H3,(H,30,31)/b24-16+/t18-/m0/s1. The lowest BCUT2D eigenvalue weighted by molar-refractivity contribution is -0.113. The lowest BCUT2D eigenvalue weighted by Crippen LogP contribution is -2.27. The third kappa shape index (κ3) is 7.08. The second-order valence-corrected chi connectivity index (χ2v) is 10.1. The fraction of sp³-hybridized carbons (Fsp3) is 0.370. The van der Waals surface area contributed by atoms with Crippen LogP contribution in [-0.2, 0) is 4.79 Å². The van der Waals surface area contributed by atoms with Crippen LogP contribution < -0.4 is 14.4 Å². The monoisotopic (exact) mass is 513 g/mol. The molecule has 6 nitrogen and oxygen atoms in total. The Morgan fingerprint density at radius 3 is 2.63 bits per heavy atom. The van der Waals surface area contributed by atoms with Crippen LogP contribution in [0.4, 0.5) is 5.69 Å². The number of hydrogen-bond donors (Lipinski definition) is 1. The molecule has 1 saturated heterocycles. The van der Waals surface area contributed by atoms with Gasteiger partial charge in [0.25, 0.3) is 5.91 Å². The Hall–Kier alpha value is -2.84. The summed E-state index contributed by atoms with van der Waals surface area (Å²) in [7, 11) is 1.59. The Bertz CT molecular complexity index is 1110. The molecule has 0 saturated carbocycles. The summed E-state index contributed by atoms with van der Waals surface area (Å²) in [6.07, 6.45) is 8.95. The smallest absolute Gasteiger partial charge is 0.335 e. The van der Waals surface area contributed by atoms with Crippen LogP contribution in [0.15, 0.2) is 47.4 Å². The first-order valence-electron chi connectivity index (χ1n) is 11.8. The van der Waals surface area contributed by atoms with Gasteiger partial charge in [0.15, 0.2) is 15.8 Å². The van der Waals surface area contributed by atoms with Gasteiger partial charge in [-0.2, -0.15) is 0 Å². The highest BCUT2D eigenvalue weighted by Crippen LogP contribution is 2.37. The van der Waals surface area contributed by atoms with Gasteiger partial charge in [-0.25, -0.2) is 4.79 Å². The van der Waals surface area contributed by atoms with Crippen LogP contribution in [0.2, 0.25) is 0 Å². The first-order chi connectivity index (χ1) is 16.8. The minimum atomic E-state index is -1.06. The second kappa shape index (κ2) is 12.7. The van der Waals surface area contributed by atoms with E-state index in [0.717, 1.165) is 18.4 Å². The van der Waals surface area contributed by atoms with Crippen LogP contribution in [0.5, 0.6) is 11.5 Å². The van der Waals surface area contributed by atoms with Crippen molar-refractivity contribution in [1.82, 2.24) is 0 Å². The molecule has 3 rings (SSSR count). The van der Waals surface area contributed by atoms with E-state index in [4.69, 9.17) is 21.7 Å². The molecule has 1 atom stereocenters. The molecule has 1 aliphatic heterocycles. The molecule has 2 aromatic carbocycles. The number of thiocarbonyl (C=S) groups is 1. The second-order valence-electron chi connectivity index (χ2n) is 8.41. The van der Waals surface area contributed by atoms with Gasteiger partial charge in [-0.05, 0) is 61.7 Å². The molecular weight excluding hydrogens is 482 g/mol. The molecule has 1 N–H and O–H groups in total. The van der Waals surface area contributed by atoms with E-state index in [1.54, 1.807) is 25.3 Å². The first kappa shape index (κ1) is 26.8. The Balaban J connectivity index is 1.71. The summed E-state index contributed by atoms with van der Waals surface area (Å²) in [5.41, 5.74) is 1.30. The predicted octanol–water partition coefficient (Wildman–Crippen LogP) is 6.93. The fourth-order valence-electron chi connectivity index (χ4n) is 3.80. The van der Waals surface area contributed by atoms with E-state index in [1.165, 1.54) is 54.5 Å². The highest BCUT2D eigenvalue weighted by atomic mass is 32.2. The highest BCUT2D eigenvalue weighted by Gasteiger charge is 2.33. The number of carbonyl (C=O) groups excluding carboxylic acids is 1. The van der Waals surface area contributed by atoms with Crippen LogP contribution in [0.1, 0.15) is 68.3 Å².